The number of hydrogen-bond acceptors (Lipinski definition) is 7. The zero-order chi connectivity index (χ0) is 24.1. The van der Waals surface area contributed by atoms with Gasteiger partial charge in [-0.25, -0.2) is 18.6 Å². The van der Waals surface area contributed by atoms with Gasteiger partial charge >= 0.3 is 5.69 Å². The number of alkyl halides is 2. The molecule has 3 aromatic rings. The number of halogens is 4. The van der Waals surface area contributed by atoms with E-state index in [2.05, 4.69) is 10.1 Å². The van der Waals surface area contributed by atoms with Crippen LogP contribution in [0.4, 0.5) is 14.6 Å². The van der Waals surface area contributed by atoms with Crippen molar-refractivity contribution < 1.29 is 18.6 Å². The number of H-pyrrole nitrogens is 1. The molecular formula is C20H17Cl2F2N5O4. The zero-order valence-corrected chi connectivity index (χ0v) is 18.5. The second-order valence-corrected chi connectivity index (χ2v) is 8.61. The van der Waals surface area contributed by atoms with E-state index in [4.69, 9.17) is 33.7 Å². The highest BCUT2D eigenvalue weighted by Gasteiger charge is 2.48. The Bertz CT molecular complexity index is 1330. The molecule has 4 N–H and O–H groups in total. The molecule has 0 bridgehead atoms. The minimum atomic E-state index is -2.69. The molecule has 33 heavy (non-hydrogen) atoms. The smallest absolute Gasteiger partial charge is 0.349 e. The molecule has 0 saturated heterocycles. The summed E-state index contributed by atoms with van der Waals surface area (Å²) in [6.45, 7) is 1.73. The number of benzene rings is 1. The Morgan fingerprint density at radius 3 is 2.52 bits per heavy atom. The molecule has 2 heterocycles. The summed E-state index contributed by atoms with van der Waals surface area (Å²) in [4.78, 5) is 29.4. The van der Waals surface area contributed by atoms with Crippen LogP contribution < -0.4 is 21.7 Å². The summed E-state index contributed by atoms with van der Waals surface area (Å²) < 4.78 is 33.1. The molecule has 4 rings (SSSR count). The molecule has 0 radical (unpaired) electrons. The Morgan fingerprint density at radius 1 is 1.27 bits per heavy atom. The number of anilines is 1. The van der Waals surface area contributed by atoms with E-state index in [1.54, 1.807) is 6.92 Å². The molecule has 1 aliphatic carbocycles. The molecule has 2 aromatic heterocycles. The molecule has 1 fully saturated rings. The van der Waals surface area contributed by atoms with Crippen LogP contribution in [0.2, 0.25) is 10.0 Å². The van der Waals surface area contributed by atoms with E-state index < -0.39 is 23.0 Å². The number of aromatic hydroxyl groups is 1. The first-order valence-electron chi connectivity index (χ1n) is 9.68. The van der Waals surface area contributed by atoms with Gasteiger partial charge in [-0.1, -0.05) is 30.1 Å². The summed E-state index contributed by atoms with van der Waals surface area (Å²) in [7, 11) is 0. The summed E-state index contributed by atoms with van der Waals surface area (Å²) >= 11 is 12.6. The van der Waals surface area contributed by atoms with Gasteiger partial charge in [0.05, 0.1) is 21.9 Å². The molecule has 9 nitrogen and oxygen atoms in total. The standard InChI is InChI=1S/C20H17Cl2F2N5O4/c1-8(9-5-20(23,24)6-9)12-4-11(7-26-17(12)30)33-15-13(21)2-10(3-14(15)22)29-19(32)27-18(31)16(25)28-29/h2-4,7-9H,5-6H2,1H3,(H2,25,28)(H,26,30)(H,27,31,32). The van der Waals surface area contributed by atoms with Crippen molar-refractivity contribution in [3.05, 3.63) is 60.8 Å². The fourth-order valence-corrected chi connectivity index (χ4v) is 4.18. The van der Waals surface area contributed by atoms with Crippen molar-refractivity contribution in [3.8, 4) is 23.1 Å². The van der Waals surface area contributed by atoms with Crippen LogP contribution in [0.5, 0.6) is 17.4 Å². The third-order valence-corrected chi connectivity index (χ3v) is 6.05. The third kappa shape index (κ3) is 4.51. The highest BCUT2D eigenvalue weighted by Crippen LogP contribution is 2.50. The van der Waals surface area contributed by atoms with Gasteiger partial charge in [-0.3, -0.25) is 9.78 Å². The highest BCUT2D eigenvalue weighted by molar-refractivity contribution is 6.37. The molecule has 1 atom stereocenters. The molecule has 1 unspecified atom stereocenters. The van der Waals surface area contributed by atoms with Gasteiger partial charge in [0, 0.05) is 18.4 Å². The van der Waals surface area contributed by atoms with Crippen molar-refractivity contribution >= 4 is 29.0 Å². The number of pyridine rings is 1. The third-order valence-electron chi connectivity index (χ3n) is 5.49. The first-order valence-corrected chi connectivity index (χ1v) is 10.4. The highest BCUT2D eigenvalue weighted by atomic mass is 35.5. The van der Waals surface area contributed by atoms with Crippen molar-refractivity contribution in [1.29, 1.82) is 0 Å². The lowest BCUT2D eigenvalue weighted by atomic mass is 9.71. The topological polar surface area (TPSA) is 136 Å². The van der Waals surface area contributed by atoms with Gasteiger partial charge in [0.2, 0.25) is 17.6 Å². The number of ether oxygens (including phenoxy) is 1. The number of nitrogens with zero attached hydrogens (tertiary/aromatic N) is 3. The molecule has 0 spiro atoms. The number of nitrogens with one attached hydrogen (secondary N) is 1. The fraction of sp³-hybridized carbons (Fsp3) is 0.300. The van der Waals surface area contributed by atoms with Crippen molar-refractivity contribution in [2.75, 3.05) is 5.73 Å². The number of hydrogen-bond donors (Lipinski definition) is 3. The Balaban J connectivity index is 1.63. The maximum atomic E-state index is 13.3. The lowest BCUT2D eigenvalue weighted by Crippen LogP contribution is -2.38. The summed E-state index contributed by atoms with van der Waals surface area (Å²) in [5, 5.41) is 13.8. The summed E-state index contributed by atoms with van der Waals surface area (Å²) in [6.07, 6.45) is 0.706. The van der Waals surface area contributed by atoms with Crippen LogP contribution in [-0.2, 0) is 0 Å². The second kappa shape index (κ2) is 8.31. The van der Waals surface area contributed by atoms with Crippen molar-refractivity contribution in [2.24, 2.45) is 5.92 Å². The van der Waals surface area contributed by atoms with E-state index in [-0.39, 0.29) is 57.8 Å². The van der Waals surface area contributed by atoms with E-state index in [1.165, 1.54) is 24.4 Å². The van der Waals surface area contributed by atoms with E-state index in [0.29, 0.717) is 5.56 Å². The molecule has 1 saturated carbocycles. The van der Waals surface area contributed by atoms with Gasteiger partial charge < -0.3 is 15.6 Å². The van der Waals surface area contributed by atoms with Crippen molar-refractivity contribution in [2.45, 2.75) is 31.6 Å². The molecule has 174 valence electrons. The number of aromatic amines is 1. The maximum absolute atomic E-state index is 13.3. The van der Waals surface area contributed by atoms with Crippen LogP contribution in [-0.4, -0.2) is 30.8 Å². The van der Waals surface area contributed by atoms with Gasteiger partial charge in [-0.15, -0.1) is 5.10 Å². The minimum Gasteiger partial charge on any atom is -0.493 e. The van der Waals surface area contributed by atoms with Crippen LogP contribution in [0, 0.1) is 5.92 Å². The van der Waals surface area contributed by atoms with Gasteiger partial charge in [0.1, 0.15) is 5.75 Å². The van der Waals surface area contributed by atoms with E-state index in [0.717, 1.165) is 4.68 Å². The Hall–Kier alpha value is -3.18. The quantitative estimate of drug-likeness (QED) is 0.484. The van der Waals surface area contributed by atoms with Gasteiger partial charge in [-0.2, -0.15) is 4.68 Å². The van der Waals surface area contributed by atoms with Crippen LogP contribution in [0.1, 0.15) is 31.2 Å². The summed E-state index contributed by atoms with van der Waals surface area (Å²) in [5.74, 6) is -3.88. The fourth-order valence-electron chi connectivity index (χ4n) is 3.63. The molecule has 13 heteroatoms. The largest absolute Gasteiger partial charge is 0.493 e. The predicted octanol–water partition coefficient (Wildman–Crippen LogP) is 3.85. The summed E-state index contributed by atoms with van der Waals surface area (Å²) in [6, 6.07) is 4.13. The maximum Gasteiger partial charge on any atom is 0.349 e. The van der Waals surface area contributed by atoms with Crippen LogP contribution in [0.15, 0.2) is 34.0 Å². The molecular weight excluding hydrogens is 483 g/mol. The van der Waals surface area contributed by atoms with E-state index in [1.807, 2.05) is 4.98 Å². The number of aromatic nitrogens is 4. The molecule has 1 aromatic carbocycles. The number of nitrogens with two attached hydrogens (primary N) is 1. The van der Waals surface area contributed by atoms with Gasteiger partial charge in [0.25, 0.3) is 5.56 Å². The van der Waals surface area contributed by atoms with Crippen LogP contribution in [0.25, 0.3) is 5.69 Å². The number of nitrogen functional groups attached to an aromatic ring is 1. The Morgan fingerprint density at radius 2 is 1.91 bits per heavy atom. The molecule has 1 aliphatic rings. The second-order valence-electron chi connectivity index (χ2n) is 7.79. The van der Waals surface area contributed by atoms with Crippen LogP contribution >= 0.6 is 23.2 Å². The monoisotopic (exact) mass is 499 g/mol. The average Bonchev–Trinajstić information content (AvgIpc) is 2.72. The first-order chi connectivity index (χ1) is 15.4. The summed E-state index contributed by atoms with van der Waals surface area (Å²) in [5.41, 5.74) is 4.26. The SMILES string of the molecule is CC(c1cc(Oc2c(Cl)cc(-n3nc(N)c(=O)[nH]c3=O)cc2Cl)cnc1O)C1CC(F)(F)C1. The first kappa shape index (κ1) is 23.0. The van der Waals surface area contributed by atoms with E-state index >= 15 is 0 Å². The zero-order valence-electron chi connectivity index (χ0n) is 17.0. The number of rotatable bonds is 5. The van der Waals surface area contributed by atoms with Crippen molar-refractivity contribution in [3.63, 3.8) is 0 Å². The van der Waals surface area contributed by atoms with Gasteiger partial charge in [-0.05, 0) is 30.0 Å². The normalized spacial score (nSPS) is 16.3. The van der Waals surface area contributed by atoms with Crippen LogP contribution in [0.3, 0.4) is 0 Å². The molecule has 0 amide bonds. The average molecular weight is 500 g/mol. The lowest BCUT2D eigenvalue weighted by molar-refractivity contribution is -0.116. The van der Waals surface area contributed by atoms with E-state index in [9.17, 15) is 23.5 Å². The predicted molar refractivity (Wildman–Crippen MR) is 117 cm³/mol. The van der Waals surface area contributed by atoms with Crippen molar-refractivity contribution in [1.82, 2.24) is 19.7 Å². The molecule has 0 aliphatic heterocycles. The Kier molecular flexibility index (Phi) is 5.79. The van der Waals surface area contributed by atoms with Gasteiger partial charge in [0.15, 0.2) is 5.75 Å². The lowest BCUT2D eigenvalue weighted by Gasteiger charge is -2.39. The minimum absolute atomic E-state index is 0.00252. The Labute approximate surface area is 194 Å².